The quantitative estimate of drug-likeness (QED) is 0.382. The SMILES string of the molecule is CC1=C(c2cc(C)c3cc(C(C)C)ccc(C)c2-3)[C@@](C)(c2cc(C(C)C)ccc2C)OC1=O. The minimum Gasteiger partial charge on any atom is -0.446 e. The predicted molar refractivity (Wildman–Crippen MR) is 138 cm³/mol. The minimum atomic E-state index is -0.828. The zero-order valence-corrected chi connectivity index (χ0v) is 21.5. The molecule has 172 valence electrons. The number of aryl methyl sites for hydroxylation is 3. The standard InChI is InChI=1S/C31H36O2/c1-17(2)23-13-11-20(6)28-25(15-23)21(7)14-26(28)29-22(8)30(32)33-31(29,9)27-16-24(18(3)4)12-10-19(27)5/h10-18H,1-9H3/t31-/m1/s1. The summed E-state index contributed by atoms with van der Waals surface area (Å²) < 4.78 is 6.20. The van der Waals surface area contributed by atoms with E-state index in [1.165, 1.54) is 33.4 Å². The summed E-state index contributed by atoms with van der Waals surface area (Å²) in [7, 11) is 0. The fraction of sp³-hybridized carbons (Fsp3) is 0.387. The number of cyclic esters (lactones) is 1. The van der Waals surface area contributed by atoms with Crippen molar-refractivity contribution in [2.24, 2.45) is 0 Å². The van der Waals surface area contributed by atoms with Crippen LogP contribution in [0.25, 0.3) is 16.7 Å². The van der Waals surface area contributed by atoms with Crippen LogP contribution in [0, 0.1) is 20.8 Å². The van der Waals surface area contributed by atoms with Gasteiger partial charge in [0.25, 0.3) is 0 Å². The van der Waals surface area contributed by atoms with Crippen molar-refractivity contribution in [2.45, 2.75) is 79.8 Å². The van der Waals surface area contributed by atoms with E-state index in [2.05, 4.69) is 97.9 Å². The van der Waals surface area contributed by atoms with Gasteiger partial charge in [0.2, 0.25) is 0 Å². The highest BCUT2D eigenvalue weighted by Gasteiger charge is 2.46. The monoisotopic (exact) mass is 440 g/mol. The molecule has 0 spiro atoms. The molecule has 2 heteroatoms. The Balaban J connectivity index is 2.01. The summed E-state index contributed by atoms with van der Waals surface area (Å²) >= 11 is 0. The second kappa shape index (κ2) is 8.17. The van der Waals surface area contributed by atoms with E-state index in [4.69, 9.17) is 4.74 Å². The first-order valence-corrected chi connectivity index (χ1v) is 12.1. The lowest BCUT2D eigenvalue weighted by Gasteiger charge is -2.30. The Hall–Kier alpha value is -2.87. The maximum Gasteiger partial charge on any atom is 0.335 e. The average Bonchev–Trinajstić information content (AvgIpc) is 3.08. The number of hydrogen-bond acceptors (Lipinski definition) is 2. The van der Waals surface area contributed by atoms with Crippen molar-refractivity contribution >= 4 is 11.5 Å². The molecule has 3 aliphatic rings. The zero-order chi connectivity index (χ0) is 24.2. The summed E-state index contributed by atoms with van der Waals surface area (Å²) in [5, 5.41) is 0. The van der Waals surface area contributed by atoms with Crippen molar-refractivity contribution in [3.05, 3.63) is 87.0 Å². The Morgan fingerprint density at radius 1 is 0.727 bits per heavy atom. The van der Waals surface area contributed by atoms with Crippen LogP contribution in [0.4, 0.5) is 0 Å². The van der Waals surface area contributed by atoms with Gasteiger partial charge in [-0.2, -0.15) is 0 Å². The van der Waals surface area contributed by atoms with Gasteiger partial charge in [-0.1, -0.05) is 70.2 Å². The Morgan fingerprint density at radius 2 is 1.30 bits per heavy atom. The third kappa shape index (κ3) is 3.70. The Bertz CT molecular complexity index is 1260. The highest BCUT2D eigenvalue weighted by molar-refractivity contribution is 6.07. The molecule has 2 aliphatic carbocycles. The van der Waals surface area contributed by atoms with Crippen molar-refractivity contribution in [2.75, 3.05) is 0 Å². The van der Waals surface area contributed by atoms with Crippen LogP contribution in [0.15, 0.2) is 48.0 Å². The molecule has 2 nitrogen and oxygen atoms in total. The lowest BCUT2D eigenvalue weighted by Crippen LogP contribution is -2.26. The molecule has 0 unspecified atom stereocenters. The van der Waals surface area contributed by atoms with E-state index in [1.807, 2.05) is 6.92 Å². The maximum absolute atomic E-state index is 13.0. The number of carbonyl (C=O) groups excluding carboxylic acids is 1. The van der Waals surface area contributed by atoms with E-state index >= 15 is 0 Å². The summed E-state index contributed by atoms with van der Waals surface area (Å²) in [6.07, 6.45) is 0. The van der Waals surface area contributed by atoms with Gasteiger partial charge in [0.1, 0.15) is 0 Å². The Labute approximate surface area is 199 Å². The molecule has 0 radical (unpaired) electrons. The van der Waals surface area contributed by atoms with Crippen LogP contribution in [0.2, 0.25) is 0 Å². The molecular formula is C31H36O2. The molecule has 1 heterocycles. The second-order valence-electron chi connectivity index (χ2n) is 10.5. The zero-order valence-electron chi connectivity index (χ0n) is 21.5. The molecule has 1 aromatic rings. The van der Waals surface area contributed by atoms with Crippen molar-refractivity contribution in [1.29, 1.82) is 0 Å². The smallest absolute Gasteiger partial charge is 0.335 e. The number of benzene rings is 1. The van der Waals surface area contributed by atoms with E-state index in [1.54, 1.807) is 0 Å². The number of hydrogen-bond donors (Lipinski definition) is 0. The lowest BCUT2D eigenvalue weighted by atomic mass is 9.79. The molecule has 0 fully saturated rings. The van der Waals surface area contributed by atoms with Crippen LogP contribution in [0.3, 0.4) is 0 Å². The first kappa shape index (κ1) is 23.3. The fourth-order valence-corrected chi connectivity index (χ4v) is 5.33. The molecule has 0 N–H and O–H groups in total. The van der Waals surface area contributed by atoms with Gasteiger partial charge >= 0.3 is 5.97 Å². The number of rotatable bonds is 4. The van der Waals surface area contributed by atoms with Gasteiger partial charge in [0.05, 0.1) is 0 Å². The molecular weight excluding hydrogens is 404 g/mol. The van der Waals surface area contributed by atoms with Crippen LogP contribution in [-0.4, -0.2) is 5.97 Å². The van der Waals surface area contributed by atoms with E-state index in [0.29, 0.717) is 17.4 Å². The van der Waals surface area contributed by atoms with Crippen molar-refractivity contribution in [3.63, 3.8) is 0 Å². The molecule has 1 atom stereocenters. The molecule has 0 amide bonds. The summed E-state index contributed by atoms with van der Waals surface area (Å²) in [6.45, 7) is 19.3. The largest absolute Gasteiger partial charge is 0.446 e. The van der Waals surface area contributed by atoms with Crippen LogP contribution in [0.5, 0.6) is 0 Å². The van der Waals surface area contributed by atoms with E-state index < -0.39 is 5.60 Å². The van der Waals surface area contributed by atoms with Crippen molar-refractivity contribution < 1.29 is 9.53 Å². The molecule has 0 saturated carbocycles. The summed E-state index contributed by atoms with van der Waals surface area (Å²) in [5.41, 5.74) is 11.7. The van der Waals surface area contributed by atoms with Gasteiger partial charge in [-0.15, -0.1) is 0 Å². The normalized spacial score (nSPS) is 18.7. The van der Waals surface area contributed by atoms with Crippen LogP contribution >= 0.6 is 0 Å². The number of fused-ring (bicyclic) bond motifs is 1. The average molecular weight is 441 g/mol. The van der Waals surface area contributed by atoms with Crippen LogP contribution in [0.1, 0.15) is 92.3 Å². The molecule has 1 aliphatic heterocycles. The lowest BCUT2D eigenvalue weighted by molar-refractivity contribution is -0.145. The molecule has 1 aromatic carbocycles. The number of carbonyl (C=O) groups is 1. The van der Waals surface area contributed by atoms with Crippen molar-refractivity contribution in [3.8, 4) is 11.1 Å². The third-order valence-corrected chi connectivity index (χ3v) is 7.39. The van der Waals surface area contributed by atoms with Gasteiger partial charge in [-0.3, -0.25) is 0 Å². The highest BCUT2D eigenvalue weighted by Crippen LogP contribution is 2.52. The fourth-order valence-electron chi connectivity index (χ4n) is 5.33. The maximum atomic E-state index is 13.0. The molecule has 0 bridgehead atoms. The Morgan fingerprint density at radius 3 is 1.91 bits per heavy atom. The molecule has 33 heavy (non-hydrogen) atoms. The minimum absolute atomic E-state index is 0.227. The molecule has 0 saturated heterocycles. The van der Waals surface area contributed by atoms with E-state index in [0.717, 1.165) is 22.3 Å². The molecule has 0 aromatic heterocycles. The topological polar surface area (TPSA) is 26.3 Å². The summed E-state index contributed by atoms with van der Waals surface area (Å²) in [6, 6.07) is 15.6. The number of ether oxygens (including phenoxy) is 1. The first-order chi connectivity index (χ1) is 15.5. The summed E-state index contributed by atoms with van der Waals surface area (Å²) in [4.78, 5) is 13.0. The molecule has 4 rings (SSSR count). The van der Waals surface area contributed by atoms with E-state index in [-0.39, 0.29) is 5.97 Å². The Kier molecular flexibility index (Phi) is 5.76. The predicted octanol–water partition coefficient (Wildman–Crippen LogP) is 8.21. The van der Waals surface area contributed by atoms with Gasteiger partial charge in [0.15, 0.2) is 5.60 Å². The highest BCUT2D eigenvalue weighted by atomic mass is 16.6. The second-order valence-corrected chi connectivity index (χ2v) is 10.5. The first-order valence-electron chi connectivity index (χ1n) is 12.1. The van der Waals surface area contributed by atoms with Gasteiger partial charge < -0.3 is 4.74 Å². The van der Waals surface area contributed by atoms with Crippen LogP contribution in [-0.2, 0) is 15.1 Å². The summed E-state index contributed by atoms with van der Waals surface area (Å²) in [5.74, 6) is 0.618. The van der Waals surface area contributed by atoms with Gasteiger partial charge in [0, 0.05) is 16.7 Å². The third-order valence-electron chi connectivity index (χ3n) is 7.39. The van der Waals surface area contributed by atoms with Gasteiger partial charge in [-0.05, 0) is 91.0 Å². The van der Waals surface area contributed by atoms with Gasteiger partial charge in [-0.25, -0.2) is 4.79 Å². The number of esters is 1. The van der Waals surface area contributed by atoms with Crippen molar-refractivity contribution in [1.82, 2.24) is 0 Å². The van der Waals surface area contributed by atoms with Crippen LogP contribution < -0.4 is 0 Å². The van der Waals surface area contributed by atoms with E-state index in [9.17, 15) is 4.79 Å².